The Kier molecular flexibility index (Phi) is 4.01. The van der Waals surface area contributed by atoms with Crippen molar-refractivity contribution in [2.75, 3.05) is 38.1 Å². The third kappa shape index (κ3) is 2.55. The number of rotatable bonds is 3. The van der Waals surface area contributed by atoms with Gasteiger partial charge in [-0.1, -0.05) is 6.92 Å². The third-order valence-electron chi connectivity index (χ3n) is 4.13. The standard InChI is InChI=1S/C15H20N4O2S/c1-4-10-16-13(19-7-5-18(3)6-8-19)11-9(2)12(15(20)21)22-14(11)17-10/h4-8H2,1-3H3,(H,20,21). The summed E-state index contributed by atoms with van der Waals surface area (Å²) in [5, 5.41) is 10.3. The quantitative estimate of drug-likeness (QED) is 0.933. The number of carboxylic acids is 1. The molecule has 7 heteroatoms. The summed E-state index contributed by atoms with van der Waals surface area (Å²) in [5.41, 5.74) is 0.782. The Morgan fingerprint density at radius 1 is 1.27 bits per heavy atom. The topological polar surface area (TPSA) is 69.6 Å². The number of aromatic nitrogens is 2. The fourth-order valence-electron chi connectivity index (χ4n) is 2.77. The van der Waals surface area contributed by atoms with Crippen molar-refractivity contribution in [3.8, 4) is 0 Å². The summed E-state index contributed by atoms with van der Waals surface area (Å²) in [7, 11) is 2.11. The first-order valence-corrected chi connectivity index (χ1v) is 8.29. The minimum atomic E-state index is -0.886. The van der Waals surface area contributed by atoms with Gasteiger partial charge in [-0.25, -0.2) is 14.8 Å². The van der Waals surface area contributed by atoms with Crippen LogP contribution in [-0.4, -0.2) is 59.2 Å². The molecule has 0 spiro atoms. The number of carboxylic acid groups (broad SMARTS) is 1. The van der Waals surface area contributed by atoms with Crippen LogP contribution in [0.2, 0.25) is 0 Å². The molecule has 0 aliphatic carbocycles. The average molecular weight is 320 g/mol. The number of hydrogen-bond donors (Lipinski definition) is 1. The largest absolute Gasteiger partial charge is 0.477 e. The number of aromatic carboxylic acids is 1. The number of thiophene rings is 1. The SMILES string of the molecule is CCc1nc(N2CCN(C)CC2)c2c(C)c(C(=O)O)sc2n1. The van der Waals surface area contributed by atoms with E-state index in [0.717, 1.165) is 60.0 Å². The summed E-state index contributed by atoms with van der Waals surface area (Å²) in [6, 6.07) is 0. The minimum Gasteiger partial charge on any atom is -0.477 e. The first-order valence-electron chi connectivity index (χ1n) is 7.48. The van der Waals surface area contributed by atoms with Crippen molar-refractivity contribution in [1.82, 2.24) is 14.9 Å². The highest BCUT2D eigenvalue weighted by Crippen LogP contribution is 2.35. The Hall–Kier alpha value is -1.73. The Morgan fingerprint density at radius 3 is 2.55 bits per heavy atom. The van der Waals surface area contributed by atoms with Crippen LogP contribution in [0.4, 0.5) is 5.82 Å². The van der Waals surface area contributed by atoms with Crippen LogP contribution in [0.15, 0.2) is 0 Å². The number of likely N-dealkylation sites (N-methyl/N-ethyl adjacent to an activating group) is 1. The zero-order valence-corrected chi connectivity index (χ0v) is 13.9. The van der Waals surface area contributed by atoms with Crippen molar-refractivity contribution >= 4 is 33.3 Å². The predicted molar refractivity (Wildman–Crippen MR) is 88.2 cm³/mol. The Labute approximate surface area is 133 Å². The lowest BCUT2D eigenvalue weighted by atomic mass is 10.2. The number of carbonyl (C=O) groups is 1. The van der Waals surface area contributed by atoms with Gasteiger partial charge < -0.3 is 14.9 Å². The summed E-state index contributed by atoms with van der Waals surface area (Å²) in [6.07, 6.45) is 0.746. The molecule has 0 aromatic carbocycles. The molecule has 0 saturated carbocycles. The Bertz CT molecular complexity index is 720. The van der Waals surface area contributed by atoms with Gasteiger partial charge in [-0.3, -0.25) is 0 Å². The molecule has 1 aliphatic rings. The van der Waals surface area contributed by atoms with E-state index in [1.807, 2.05) is 13.8 Å². The van der Waals surface area contributed by atoms with Crippen LogP contribution in [-0.2, 0) is 6.42 Å². The highest BCUT2D eigenvalue weighted by molar-refractivity contribution is 7.20. The second kappa shape index (κ2) is 5.81. The molecule has 1 N–H and O–H groups in total. The summed E-state index contributed by atoms with van der Waals surface area (Å²) in [5.74, 6) is 0.790. The molecule has 0 unspecified atom stereocenters. The maximum absolute atomic E-state index is 11.4. The lowest BCUT2D eigenvalue weighted by molar-refractivity contribution is 0.0701. The third-order valence-corrected chi connectivity index (χ3v) is 5.30. The summed E-state index contributed by atoms with van der Waals surface area (Å²) < 4.78 is 0. The number of anilines is 1. The van der Waals surface area contributed by atoms with Gasteiger partial charge in [0, 0.05) is 32.6 Å². The molecule has 0 radical (unpaired) electrons. The lowest BCUT2D eigenvalue weighted by Crippen LogP contribution is -2.45. The number of nitrogens with zero attached hydrogens (tertiary/aromatic N) is 4. The molecule has 0 bridgehead atoms. The van der Waals surface area contributed by atoms with Crippen LogP contribution >= 0.6 is 11.3 Å². The van der Waals surface area contributed by atoms with E-state index in [0.29, 0.717) is 4.88 Å². The molecule has 1 aliphatic heterocycles. The van der Waals surface area contributed by atoms with Gasteiger partial charge in [0.25, 0.3) is 0 Å². The molecule has 2 aromatic rings. The molecular formula is C15H20N4O2S. The van der Waals surface area contributed by atoms with Gasteiger partial charge in [-0.15, -0.1) is 11.3 Å². The van der Waals surface area contributed by atoms with Gasteiger partial charge in [0.05, 0.1) is 5.39 Å². The monoisotopic (exact) mass is 320 g/mol. The van der Waals surface area contributed by atoms with E-state index in [2.05, 4.69) is 21.8 Å². The maximum atomic E-state index is 11.4. The number of hydrogen-bond acceptors (Lipinski definition) is 6. The van der Waals surface area contributed by atoms with E-state index in [1.165, 1.54) is 11.3 Å². The van der Waals surface area contributed by atoms with Crippen LogP contribution in [0, 0.1) is 6.92 Å². The molecule has 3 rings (SSSR count). The number of piperazine rings is 1. The van der Waals surface area contributed by atoms with Crippen LogP contribution in [0.5, 0.6) is 0 Å². The number of aryl methyl sites for hydroxylation is 2. The van der Waals surface area contributed by atoms with E-state index in [1.54, 1.807) is 0 Å². The number of fused-ring (bicyclic) bond motifs is 1. The highest BCUT2D eigenvalue weighted by Gasteiger charge is 2.24. The molecule has 2 aromatic heterocycles. The van der Waals surface area contributed by atoms with Crippen molar-refractivity contribution in [2.24, 2.45) is 0 Å². The zero-order valence-electron chi connectivity index (χ0n) is 13.1. The molecule has 3 heterocycles. The minimum absolute atomic E-state index is 0.368. The van der Waals surface area contributed by atoms with E-state index in [9.17, 15) is 9.90 Å². The van der Waals surface area contributed by atoms with Crippen molar-refractivity contribution in [2.45, 2.75) is 20.3 Å². The van der Waals surface area contributed by atoms with Crippen LogP contribution in [0.3, 0.4) is 0 Å². The first kappa shape index (κ1) is 15.2. The molecule has 1 saturated heterocycles. The Morgan fingerprint density at radius 2 is 1.95 bits per heavy atom. The van der Waals surface area contributed by atoms with Crippen molar-refractivity contribution < 1.29 is 9.90 Å². The van der Waals surface area contributed by atoms with Crippen LogP contribution in [0.1, 0.15) is 28.0 Å². The van der Waals surface area contributed by atoms with Crippen LogP contribution in [0.25, 0.3) is 10.2 Å². The van der Waals surface area contributed by atoms with Gasteiger partial charge >= 0.3 is 5.97 Å². The normalized spacial score (nSPS) is 16.4. The van der Waals surface area contributed by atoms with E-state index in [4.69, 9.17) is 4.98 Å². The van der Waals surface area contributed by atoms with Gasteiger partial charge in [0.15, 0.2) is 0 Å². The van der Waals surface area contributed by atoms with Gasteiger partial charge in [0.1, 0.15) is 21.3 Å². The van der Waals surface area contributed by atoms with Crippen molar-refractivity contribution in [3.63, 3.8) is 0 Å². The summed E-state index contributed by atoms with van der Waals surface area (Å²) in [4.78, 5) is 26.4. The van der Waals surface area contributed by atoms with E-state index in [-0.39, 0.29) is 0 Å². The zero-order chi connectivity index (χ0) is 15.9. The van der Waals surface area contributed by atoms with Crippen molar-refractivity contribution in [3.05, 3.63) is 16.3 Å². The second-order valence-electron chi connectivity index (χ2n) is 5.65. The maximum Gasteiger partial charge on any atom is 0.346 e. The smallest absolute Gasteiger partial charge is 0.346 e. The molecule has 6 nitrogen and oxygen atoms in total. The predicted octanol–water partition coefficient (Wildman–Crippen LogP) is 2.01. The van der Waals surface area contributed by atoms with Gasteiger partial charge in [-0.05, 0) is 19.5 Å². The van der Waals surface area contributed by atoms with Crippen molar-refractivity contribution in [1.29, 1.82) is 0 Å². The van der Waals surface area contributed by atoms with Gasteiger partial charge in [-0.2, -0.15) is 0 Å². The Balaban J connectivity index is 2.16. The molecular weight excluding hydrogens is 300 g/mol. The molecule has 0 amide bonds. The average Bonchev–Trinajstić information content (AvgIpc) is 2.84. The molecule has 0 atom stereocenters. The van der Waals surface area contributed by atoms with Crippen LogP contribution < -0.4 is 4.90 Å². The summed E-state index contributed by atoms with van der Waals surface area (Å²) >= 11 is 1.25. The molecule has 22 heavy (non-hydrogen) atoms. The van der Waals surface area contributed by atoms with E-state index >= 15 is 0 Å². The fraction of sp³-hybridized carbons (Fsp3) is 0.533. The fourth-order valence-corrected chi connectivity index (χ4v) is 3.80. The summed E-state index contributed by atoms with van der Waals surface area (Å²) in [6.45, 7) is 7.67. The van der Waals surface area contributed by atoms with Gasteiger partial charge in [0.2, 0.25) is 0 Å². The molecule has 118 valence electrons. The second-order valence-corrected chi connectivity index (χ2v) is 6.65. The highest BCUT2D eigenvalue weighted by atomic mass is 32.1. The lowest BCUT2D eigenvalue weighted by Gasteiger charge is -2.33. The molecule has 1 fully saturated rings. The van der Waals surface area contributed by atoms with E-state index < -0.39 is 5.97 Å². The first-order chi connectivity index (χ1) is 10.5.